The van der Waals surface area contributed by atoms with Crippen molar-refractivity contribution in [1.82, 2.24) is 15.2 Å². The highest BCUT2D eigenvalue weighted by Crippen LogP contribution is 2.12. The van der Waals surface area contributed by atoms with Gasteiger partial charge in [0.25, 0.3) is 0 Å². The third-order valence-electron chi connectivity index (χ3n) is 3.43. The summed E-state index contributed by atoms with van der Waals surface area (Å²) in [7, 11) is 2.19. The molecule has 3 heteroatoms. The number of hydrogen-bond acceptors (Lipinski definition) is 3. The molecule has 0 radical (unpaired) electrons. The summed E-state index contributed by atoms with van der Waals surface area (Å²) in [5.74, 6) is 0.626. The van der Waals surface area contributed by atoms with E-state index in [0.29, 0.717) is 18.0 Å². The monoisotopic (exact) mass is 263 g/mol. The van der Waals surface area contributed by atoms with E-state index in [0.717, 1.165) is 24.5 Å². The Kier molecular flexibility index (Phi) is 6.46. The molecule has 1 heterocycles. The van der Waals surface area contributed by atoms with Gasteiger partial charge in [-0.05, 0) is 32.0 Å². The molecule has 0 amide bonds. The molecule has 0 fully saturated rings. The molecule has 19 heavy (non-hydrogen) atoms. The normalized spacial score (nSPS) is 13.5. The third-order valence-corrected chi connectivity index (χ3v) is 3.43. The van der Waals surface area contributed by atoms with Gasteiger partial charge >= 0.3 is 0 Å². The van der Waals surface area contributed by atoms with Gasteiger partial charge in [0.2, 0.25) is 0 Å². The quantitative estimate of drug-likeness (QED) is 0.820. The summed E-state index contributed by atoms with van der Waals surface area (Å²) in [4.78, 5) is 6.99. The SMILES string of the molecule is Cc1cccc(CN(C)C(CNC(C)C)C(C)C)n1. The lowest BCUT2D eigenvalue weighted by atomic mass is 10.0. The summed E-state index contributed by atoms with van der Waals surface area (Å²) in [5, 5.41) is 3.54. The fourth-order valence-electron chi connectivity index (χ4n) is 2.32. The average molecular weight is 263 g/mol. The Morgan fingerprint density at radius 1 is 1.21 bits per heavy atom. The predicted molar refractivity (Wildman–Crippen MR) is 82.2 cm³/mol. The minimum Gasteiger partial charge on any atom is -0.313 e. The first-order valence-electron chi connectivity index (χ1n) is 7.26. The molecule has 0 aliphatic carbocycles. The largest absolute Gasteiger partial charge is 0.313 e. The van der Waals surface area contributed by atoms with E-state index in [-0.39, 0.29) is 0 Å². The van der Waals surface area contributed by atoms with Crippen molar-refractivity contribution in [2.45, 2.75) is 53.2 Å². The maximum Gasteiger partial charge on any atom is 0.0547 e. The smallest absolute Gasteiger partial charge is 0.0547 e. The molecule has 1 unspecified atom stereocenters. The Morgan fingerprint density at radius 2 is 1.89 bits per heavy atom. The molecule has 0 aliphatic rings. The number of nitrogens with one attached hydrogen (secondary N) is 1. The molecule has 0 saturated carbocycles. The van der Waals surface area contributed by atoms with Crippen LogP contribution in [-0.4, -0.2) is 35.6 Å². The highest BCUT2D eigenvalue weighted by molar-refractivity contribution is 5.09. The molecule has 1 atom stereocenters. The van der Waals surface area contributed by atoms with Crippen LogP contribution in [0, 0.1) is 12.8 Å². The average Bonchev–Trinajstić information content (AvgIpc) is 2.28. The first-order chi connectivity index (χ1) is 8.90. The van der Waals surface area contributed by atoms with Crippen LogP contribution in [-0.2, 0) is 6.54 Å². The van der Waals surface area contributed by atoms with Crippen molar-refractivity contribution in [3.63, 3.8) is 0 Å². The zero-order chi connectivity index (χ0) is 14.4. The highest BCUT2D eigenvalue weighted by atomic mass is 15.2. The molecule has 1 rings (SSSR count). The molecular weight excluding hydrogens is 234 g/mol. The van der Waals surface area contributed by atoms with Crippen molar-refractivity contribution in [2.75, 3.05) is 13.6 Å². The molecule has 0 bridgehead atoms. The van der Waals surface area contributed by atoms with E-state index in [1.807, 2.05) is 13.0 Å². The molecule has 0 spiro atoms. The number of nitrogens with zero attached hydrogens (tertiary/aromatic N) is 2. The van der Waals surface area contributed by atoms with Gasteiger partial charge in [-0.1, -0.05) is 33.8 Å². The number of pyridine rings is 1. The lowest BCUT2D eigenvalue weighted by Crippen LogP contribution is -2.44. The van der Waals surface area contributed by atoms with E-state index in [1.165, 1.54) is 0 Å². The van der Waals surface area contributed by atoms with Gasteiger partial charge in [0.15, 0.2) is 0 Å². The third kappa shape index (κ3) is 5.70. The first-order valence-corrected chi connectivity index (χ1v) is 7.26. The van der Waals surface area contributed by atoms with Crippen LogP contribution in [0.3, 0.4) is 0 Å². The number of hydrogen-bond donors (Lipinski definition) is 1. The van der Waals surface area contributed by atoms with Gasteiger partial charge in [0, 0.05) is 30.9 Å². The summed E-state index contributed by atoms with van der Waals surface area (Å²) in [6.45, 7) is 12.9. The van der Waals surface area contributed by atoms with Crippen LogP contribution < -0.4 is 5.32 Å². The molecule has 1 aromatic heterocycles. The summed E-state index contributed by atoms with van der Waals surface area (Å²) in [6.07, 6.45) is 0. The number of aromatic nitrogens is 1. The summed E-state index contributed by atoms with van der Waals surface area (Å²) in [6, 6.07) is 7.31. The fourth-order valence-corrected chi connectivity index (χ4v) is 2.32. The zero-order valence-corrected chi connectivity index (χ0v) is 13.3. The van der Waals surface area contributed by atoms with Crippen LogP contribution in [0.2, 0.25) is 0 Å². The summed E-state index contributed by atoms with van der Waals surface area (Å²) >= 11 is 0. The van der Waals surface area contributed by atoms with Crippen molar-refractivity contribution in [3.8, 4) is 0 Å². The second-order valence-electron chi connectivity index (χ2n) is 6.06. The van der Waals surface area contributed by atoms with E-state index in [4.69, 9.17) is 0 Å². The van der Waals surface area contributed by atoms with Crippen LogP contribution in [0.25, 0.3) is 0 Å². The molecule has 0 aliphatic heterocycles. The van der Waals surface area contributed by atoms with Crippen molar-refractivity contribution < 1.29 is 0 Å². The van der Waals surface area contributed by atoms with Gasteiger partial charge in [-0.15, -0.1) is 0 Å². The van der Waals surface area contributed by atoms with Crippen LogP contribution in [0.15, 0.2) is 18.2 Å². The van der Waals surface area contributed by atoms with Crippen LogP contribution in [0.4, 0.5) is 0 Å². The second-order valence-corrected chi connectivity index (χ2v) is 6.06. The summed E-state index contributed by atoms with van der Waals surface area (Å²) in [5.41, 5.74) is 2.24. The van der Waals surface area contributed by atoms with E-state index in [9.17, 15) is 0 Å². The van der Waals surface area contributed by atoms with Crippen LogP contribution >= 0.6 is 0 Å². The Hall–Kier alpha value is -0.930. The Bertz CT molecular complexity index is 374. The minimum absolute atomic E-state index is 0.532. The Labute approximate surface area is 118 Å². The van der Waals surface area contributed by atoms with Gasteiger partial charge in [0.05, 0.1) is 5.69 Å². The molecule has 0 aromatic carbocycles. The van der Waals surface area contributed by atoms with Gasteiger partial charge in [-0.25, -0.2) is 0 Å². The van der Waals surface area contributed by atoms with Crippen molar-refractivity contribution in [3.05, 3.63) is 29.6 Å². The molecule has 1 aromatic rings. The lowest BCUT2D eigenvalue weighted by molar-refractivity contribution is 0.175. The first kappa shape index (κ1) is 16.1. The zero-order valence-electron chi connectivity index (χ0n) is 13.3. The molecular formula is C16H29N3. The van der Waals surface area contributed by atoms with E-state index < -0.39 is 0 Å². The van der Waals surface area contributed by atoms with Gasteiger partial charge in [-0.2, -0.15) is 0 Å². The van der Waals surface area contributed by atoms with Gasteiger partial charge in [-0.3, -0.25) is 9.88 Å². The van der Waals surface area contributed by atoms with Crippen molar-refractivity contribution in [2.24, 2.45) is 5.92 Å². The summed E-state index contributed by atoms with van der Waals surface area (Å²) < 4.78 is 0. The van der Waals surface area contributed by atoms with Crippen molar-refractivity contribution >= 4 is 0 Å². The second kappa shape index (κ2) is 7.61. The number of aryl methyl sites for hydroxylation is 1. The minimum atomic E-state index is 0.532. The van der Waals surface area contributed by atoms with E-state index in [1.54, 1.807) is 0 Å². The van der Waals surface area contributed by atoms with E-state index >= 15 is 0 Å². The maximum atomic E-state index is 4.59. The Morgan fingerprint density at radius 3 is 2.42 bits per heavy atom. The lowest BCUT2D eigenvalue weighted by Gasteiger charge is -2.32. The van der Waals surface area contributed by atoms with Gasteiger partial charge < -0.3 is 5.32 Å². The highest BCUT2D eigenvalue weighted by Gasteiger charge is 2.19. The molecule has 0 saturated heterocycles. The van der Waals surface area contributed by atoms with E-state index in [2.05, 4.69) is 62.1 Å². The van der Waals surface area contributed by atoms with Gasteiger partial charge in [0.1, 0.15) is 0 Å². The predicted octanol–water partition coefficient (Wildman–Crippen LogP) is 2.84. The molecule has 1 N–H and O–H groups in total. The van der Waals surface area contributed by atoms with Crippen molar-refractivity contribution in [1.29, 1.82) is 0 Å². The molecule has 3 nitrogen and oxygen atoms in total. The Balaban J connectivity index is 2.63. The number of likely N-dealkylation sites (N-methyl/N-ethyl adjacent to an activating group) is 1. The fraction of sp³-hybridized carbons (Fsp3) is 0.688. The standard InChI is InChI=1S/C16H29N3/c1-12(2)16(10-17-13(3)4)19(6)11-15-9-7-8-14(5)18-15/h7-9,12-13,16-17H,10-11H2,1-6H3. The van der Waals surface area contributed by atoms with Crippen LogP contribution in [0.5, 0.6) is 0 Å². The maximum absolute atomic E-state index is 4.59. The molecule has 108 valence electrons. The number of rotatable bonds is 7. The van der Waals surface area contributed by atoms with Crippen LogP contribution in [0.1, 0.15) is 39.1 Å². The topological polar surface area (TPSA) is 28.2 Å².